The minimum Gasteiger partial charge on any atom is -0.378 e. The lowest BCUT2D eigenvalue weighted by molar-refractivity contribution is 0.108. The predicted octanol–water partition coefficient (Wildman–Crippen LogP) is 1.57. The highest BCUT2D eigenvalue weighted by Crippen LogP contribution is 2.14. The van der Waals surface area contributed by atoms with Crippen LogP contribution in [0.25, 0.3) is 11.2 Å². The number of aliphatic hydroxyl groups is 1. The molecule has 0 aliphatic rings. The molecule has 8 heteroatoms. The van der Waals surface area contributed by atoms with E-state index in [1.165, 1.54) is 9.13 Å². The van der Waals surface area contributed by atoms with E-state index in [1.807, 2.05) is 11.5 Å². The number of hydrogen-bond donors (Lipinski definition) is 1. The maximum atomic E-state index is 12.8. The average Bonchev–Trinajstić information content (AvgIpc) is 3.14. The van der Waals surface area contributed by atoms with Crippen molar-refractivity contribution in [1.29, 1.82) is 0 Å². The van der Waals surface area contributed by atoms with Gasteiger partial charge in [0.1, 0.15) is 5.60 Å². The summed E-state index contributed by atoms with van der Waals surface area (Å²) in [6.07, 6.45) is 4.42. The second kappa shape index (κ2) is 10.6. The SMILES string of the molecule is CCCn1c(=O)c2c(ncn2CCCCC(C)(O)C#CCN(CC)CC)n(C)c1=O. The van der Waals surface area contributed by atoms with Gasteiger partial charge in [-0.3, -0.25) is 18.8 Å². The van der Waals surface area contributed by atoms with Gasteiger partial charge in [-0.15, -0.1) is 0 Å². The van der Waals surface area contributed by atoms with Crippen molar-refractivity contribution in [3.05, 3.63) is 27.2 Å². The van der Waals surface area contributed by atoms with E-state index in [0.717, 1.165) is 25.9 Å². The fraction of sp³-hybridized carbons (Fsp3) is 0.682. The van der Waals surface area contributed by atoms with Gasteiger partial charge in [0.05, 0.1) is 12.9 Å². The summed E-state index contributed by atoms with van der Waals surface area (Å²) >= 11 is 0. The van der Waals surface area contributed by atoms with Crippen LogP contribution in [0.1, 0.15) is 53.4 Å². The third-order valence-electron chi connectivity index (χ3n) is 5.42. The largest absolute Gasteiger partial charge is 0.378 e. The van der Waals surface area contributed by atoms with Crippen molar-refractivity contribution in [3.8, 4) is 11.8 Å². The van der Waals surface area contributed by atoms with Crippen LogP contribution in [0, 0.1) is 11.8 Å². The lowest BCUT2D eigenvalue weighted by Crippen LogP contribution is -2.39. The molecule has 2 aromatic heterocycles. The van der Waals surface area contributed by atoms with E-state index in [2.05, 4.69) is 35.6 Å². The van der Waals surface area contributed by atoms with Gasteiger partial charge in [0.15, 0.2) is 11.2 Å². The van der Waals surface area contributed by atoms with Crippen molar-refractivity contribution in [2.24, 2.45) is 7.05 Å². The molecule has 8 nitrogen and oxygen atoms in total. The summed E-state index contributed by atoms with van der Waals surface area (Å²) in [6.45, 7) is 11.4. The quantitative estimate of drug-likeness (QED) is 0.469. The summed E-state index contributed by atoms with van der Waals surface area (Å²) in [4.78, 5) is 31.7. The smallest absolute Gasteiger partial charge is 0.332 e. The molecule has 166 valence electrons. The molecule has 0 spiro atoms. The zero-order chi connectivity index (χ0) is 22.3. The van der Waals surface area contributed by atoms with Crippen molar-refractivity contribution >= 4 is 11.2 Å². The van der Waals surface area contributed by atoms with Gasteiger partial charge < -0.3 is 9.67 Å². The summed E-state index contributed by atoms with van der Waals surface area (Å²) in [5.41, 5.74) is -0.786. The Hall–Kier alpha value is -2.37. The van der Waals surface area contributed by atoms with Crippen molar-refractivity contribution in [2.75, 3.05) is 19.6 Å². The standard InChI is InChI=1S/C22H35N5O3/c1-6-14-27-20(28)18-19(24(5)21(27)29)23-17-26(18)16-10-9-12-22(4,30)13-11-15-25(7-2)8-3/h17,30H,6-10,12,14-16H2,1-5H3. The van der Waals surface area contributed by atoms with Crippen molar-refractivity contribution in [2.45, 2.75) is 72.1 Å². The molecule has 0 aliphatic heterocycles. The van der Waals surface area contributed by atoms with Crippen molar-refractivity contribution in [1.82, 2.24) is 23.6 Å². The summed E-state index contributed by atoms with van der Waals surface area (Å²) in [5, 5.41) is 10.5. The zero-order valence-corrected chi connectivity index (χ0v) is 18.9. The van der Waals surface area contributed by atoms with Gasteiger partial charge in [0.25, 0.3) is 5.56 Å². The Labute approximate surface area is 178 Å². The first kappa shape index (κ1) is 23.9. The predicted molar refractivity (Wildman–Crippen MR) is 120 cm³/mol. The Kier molecular flexibility index (Phi) is 8.44. The number of hydrogen-bond acceptors (Lipinski definition) is 5. The molecule has 1 N–H and O–H groups in total. The maximum absolute atomic E-state index is 12.8. The number of imidazole rings is 1. The molecule has 0 fully saturated rings. The molecular formula is C22H35N5O3. The molecule has 2 rings (SSSR count). The number of aryl methyl sites for hydroxylation is 2. The Morgan fingerprint density at radius 3 is 2.50 bits per heavy atom. The topological polar surface area (TPSA) is 85.3 Å². The van der Waals surface area contributed by atoms with E-state index in [4.69, 9.17) is 0 Å². The Morgan fingerprint density at radius 2 is 1.87 bits per heavy atom. The molecule has 0 amide bonds. The van der Waals surface area contributed by atoms with Crippen molar-refractivity contribution < 1.29 is 5.11 Å². The number of aromatic nitrogens is 4. The van der Waals surface area contributed by atoms with Gasteiger partial charge in [0.2, 0.25) is 0 Å². The average molecular weight is 418 g/mol. The van der Waals surface area contributed by atoms with E-state index in [0.29, 0.717) is 43.6 Å². The highest BCUT2D eigenvalue weighted by molar-refractivity contribution is 5.69. The molecular weight excluding hydrogens is 382 g/mol. The van der Waals surface area contributed by atoms with Gasteiger partial charge in [-0.2, -0.15) is 0 Å². The van der Waals surface area contributed by atoms with Gasteiger partial charge in [-0.1, -0.05) is 32.6 Å². The fourth-order valence-corrected chi connectivity index (χ4v) is 3.52. The molecule has 0 aromatic carbocycles. The van der Waals surface area contributed by atoms with Crippen LogP contribution in [0.5, 0.6) is 0 Å². The molecule has 2 aromatic rings. The fourth-order valence-electron chi connectivity index (χ4n) is 3.52. The second-order valence-electron chi connectivity index (χ2n) is 7.90. The molecule has 1 unspecified atom stereocenters. The monoisotopic (exact) mass is 417 g/mol. The first-order chi connectivity index (χ1) is 14.3. The van der Waals surface area contributed by atoms with Crippen LogP contribution in [-0.4, -0.2) is 53.9 Å². The van der Waals surface area contributed by atoms with Gasteiger partial charge >= 0.3 is 5.69 Å². The summed E-state index contributed by atoms with van der Waals surface area (Å²) in [6, 6.07) is 0. The van der Waals surface area contributed by atoms with E-state index in [9.17, 15) is 14.7 Å². The van der Waals surface area contributed by atoms with E-state index < -0.39 is 5.60 Å². The first-order valence-corrected chi connectivity index (χ1v) is 10.8. The van der Waals surface area contributed by atoms with Gasteiger partial charge in [-0.05, 0) is 45.7 Å². The number of unbranched alkanes of at least 4 members (excludes halogenated alkanes) is 1. The van der Waals surface area contributed by atoms with Gasteiger partial charge in [0, 0.05) is 20.1 Å². The molecule has 1 atom stereocenters. The summed E-state index contributed by atoms with van der Waals surface area (Å²) in [5.74, 6) is 6.06. The highest BCUT2D eigenvalue weighted by atomic mass is 16.3. The molecule has 0 radical (unpaired) electrons. The lowest BCUT2D eigenvalue weighted by atomic mass is 9.99. The van der Waals surface area contributed by atoms with Crippen LogP contribution in [0.3, 0.4) is 0 Å². The zero-order valence-electron chi connectivity index (χ0n) is 18.9. The van der Waals surface area contributed by atoms with Crippen LogP contribution in [0.2, 0.25) is 0 Å². The van der Waals surface area contributed by atoms with E-state index in [1.54, 1.807) is 20.3 Å². The first-order valence-electron chi connectivity index (χ1n) is 10.8. The van der Waals surface area contributed by atoms with Crippen LogP contribution in [0.4, 0.5) is 0 Å². The highest BCUT2D eigenvalue weighted by Gasteiger charge is 2.18. The van der Waals surface area contributed by atoms with Crippen LogP contribution in [0.15, 0.2) is 15.9 Å². The van der Waals surface area contributed by atoms with Crippen LogP contribution >= 0.6 is 0 Å². The Balaban J connectivity index is 2.04. The molecule has 0 saturated carbocycles. The second-order valence-corrected chi connectivity index (χ2v) is 7.90. The van der Waals surface area contributed by atoms with Gasteiger partial charge in [-0.25, -0.2) is 9.78 Å². The number of fused-ring (bicyclic) bond motifs is 1. The molecule has 0 bridgehead atoms. The maximum Gasteiger partial charge on any atom is 0.332 e. The minimum atomic E-state index is -1.03. The third-order valence-corrected chi connectivity index (χ3v) is 5.42. The lowest BCUT2D eigenvalue weighted by Gasteiger charge is -2.17. The minimum absolute atomic E-state index is 0.290. The van der Waals surface area contributed by atoms with E-state index in [-0.39, 0.29) is 11.2 Å². The molecule has 30 heavy (non-hydrogen) atoms. The normalized spacial score (nSPS) is 13.4. The Morgan fingerprint density at radius 1 is 1.17 bits per heavy atom. The number of rotatable bonds is 10. The summed E-state index contributed by atoms with van der Waals surface area (Å²) in [7, 11) is 1.64. The molecule has 2 heterocycles. The van der Waals surface area contributed by atoms with Crippen LogP contribution < -0.4 is 11.2 Å². The Bertz CT molecular complexity index is 1020. The molecule has 0 saturated heterocycles. The third kappa shape index (κ3) is 5.61. The van der Waals surface area contributed by atoms with Crippen molar-refractivity contribution in [3.63, 3.8) is 0 Å². The van der Waals surface area contributed by atoms with Crippen LogP contribution in [-0.2, 0) is 20.1 Å². The number of nitrogens with zero attached hydrogens (tertiary/aromatic N) is 5. The molecule has 0 aliphatic carbocycles. The summed E-state index contributed by atoms with van der Waals surface area (Å²) < 4.78 is 4.51. The van der Waals surface area contributed by atoms with E-state index >= 15 is 0 Å².